The van der Waals surface area contributed by atoms with Crippen LogP contribution in [0.25, 0.3) is 5.69 Å². The van der Waals surface area contributed by atoms with E-state index < -0.39 is 23.1 Å². The van der Waals surface area contributed by atoms with Gasteiger partial charge >= 0.3 is 17.6 Å². The Balaban J connectivity index is 1.36. The van der Waals surface area contributed by atoms with Gasteiger partial charge < -0.3 is 10.2 Å². The number of carbonyl (C=O) groups excluding carboxylic acids is 1. The number of hydrogen-bond donors (Lipinski definition) is 1. The number of alkyl halides is 3. The molecule has 0 radical (unpaired) electrons. The van der Waals surface area contributed by atoms with E-state index in [2.05, 4.69) is 10.3 Å². The minimum atomic E-state index is -4.42. The summed E-state index contributed by atoms with van der Waals surface area (Å²) in [7, 11) is 2.87. The molecule has 1 N–H and O–H groups in total. The van der Waals surface area contributed by atoms with Crippen LogP contribution >= 0.6 is 0 Å². The molecule has 1 aliphatic heterocycles. The molecule has 1 amide bonds. The van der Waals surface area contributed by atoms with Crippen LogP contribution in [0.3, 0.4) is 0 Å². The summed E-state index contributed by atoms with van der Waals surface area (Å²) in [5.41, 5.74) is -0.865. The molecule has 1 saturated heterocycles. The second-order valence-corrected chi connectivity index (χ2v) is 8.14. The highest BCUT2D eigenvalue weighted by atomic mass is 19.4. The summed E-state index contributed by atoms with van der Waals surface area (Å²) in [6, 6.07) is 8.63. The van der Waals surface area contributed by atoms with Crippen LogP contribution in [0.4, 0.5) is 19.0 Å². The highest BCUT2D eigenvalue weighted by molar-refractivity contribution is 5.94. The molecule has 0 bridgehead atoms. The summed E-state index contributed by atoms with van der Waals surface area (Å²) >= 11 is 0. The van der Waals surface area contributed by atoms with Crippen LogP contribution in [0.1, 0.15) is 28.8 Å². The van der Waals surface area contributed by atoms with E-state index in [9.17, 15) is 27.6 Å². The van der Waals surface area contributed by atoms with Gasteiger partial charge in [0.05, 0.1) is 11.3 Å². The number of anilines is 1. The Bertz CT molecular complexity index is 1300. The lowest BCUT2D eigenvalue weighted by Gasteiger charge is -2.33. The lowest BCUT2D eigenvalue weighted by Crippen LogP contribution is -2.45. The monoisotopic (exact) mass is 476 g/mol. The Kier molecular flexibility index (Phi) is 6.07. The summed E-state index contributed by atoms with van der Waals surface area (Å²) < 4.78 is 41.5. The van der Waals surface area contributed by atoms with Crippen LogP contribution in [0.2, 0.25) is 0 Å². The molecule has 0 unspecified atom stereocenters. The van der Waals surface area contributed by atoms with Gasteiger partial charge in [0.2, 0.25) is 0 Å². The number of carbonyl (C=O) groups is 1. The van der Waals surface area contributed by atoms with Crippen LogP contribution < -0.4 is 21.6 Å². The molecule has 0 saturated carbocycles. The van der Waals surface area contributed by atoms with Crippen LogP contribution in [0, 0.1) is 0 Å². The van der Waals surface area contributed by atoms with E-state index in [4.69, 9.17) is 0 Å². The number of amides is 1. The number of aromatic nitrogens is 4. The first-order valence-electron chi connectivity index (χ1n) is 10.6. The number of rotatable bonds is 4. The maximum absolute atomic E-state index is 12.7. The number of pyridine rings is 1. The molecule has 9 nitrogen and oxygen atoms in total. The predicted octanol–water partition coefficient (Wildman–Crippen LogP) is 1.69. The molecule has 34 heavy (non-hydrogen) atoms. The summed E-state index contributed by atoms with van der Waals surface area (Å²) in [6.45, 7) is 1.10. The van der Waals surface area contributed by atoms with Crippen molar-refractivity contribution in [2.24, 2.45) is 14.1 Å². The SMILES string of the molecule is Cn1c(=O)n(C)n(-c2ccc(C(=O)NC3CCN(c4ccc(C(F)(F)F)cn4)CC3)cc2)c1=O. The highest BCUT2D eigenvalue weighted by Crippen LogP contribution is 2.29. The summed E-state index contributed by atoms with van der Waals surface area (Å²) in [4.78, 5) is 42.7. The van der Waals surface area contributed by atoms with E-state index in [1.165, 1.54) is 29.5 Å². The molecule has 0 aliphatic carbocycles. The van der Waals surface area contributed by atoms with Gasteiger partial charge in [-0.2, -0.15) is 17.9 Å². The van der Waals surface area contributed by atoms with Gasteiger partial charge in [-0.1, -0.05) is 0 Å². The zero-order valence-electron chi connectivity index (χ0n) is 18.5. The maximum atomic E-state index is 12.7. The zero-order chi connectivity index (χ0) is 24.6. The number of nitrogens with zero attached hydrogens (tertiary/aromatic N) is 5. The van der Waals surface area contributed by atoms with Crippen molar-refractivity contribution < 1.29 is 18.0 Å². The Hall–Kier alpha value is -3.83. The van der Waals surface area contributed by atoms with E-state index in [1.54, 1.807) is 24.3 Å². The zero-order valence-corrected chi connectivity index (χ0v) is 18.5. The van der Waals surface area contributed by atoms with Crippen molar-refractivity contribution in [3.05, 3.63) is 74.7 Å². The average molecular weight is 476 g/mol. The van der Waals surface area contributed by atoms with E-state index in [-0.39, 0.29) is 11.9 Å². The Morgan fingerprint density at radius 3 is 2.15 bits per heavy atom. The van der Waals surface area contributed by atoms with Crippen LogP contribution in [-0.2, 0) is 20.3 Å². The van der Waals surface area contributed by atoms with Gasteiger partial charge in [-0.05, 0) is 49.2 Å². The van der Waals surface area contributed by atoms with Gasteiger partial charge in [-0.25, -0.2) is 23.8 Å². The fraction of sp³-hybridized carbons (Fsp3) is 0.364. The van der Waals surface area contributed by atoms with Crippen molar-refractivity contribution in [1.82, 2.24) is 24.2 Å². The van der Waals surface area contributed by atoms with E-state index in [1.807, 2.05) is 4.90 Å². The van der Waals surface area contributed by atoms with Crippen LogP contribution in [0.15, 0.2) is 52.2 Å². The maximum Gasteiger partial charge on any atom is 0.417 e. The van der Waals surface area contributed by atoms with Crippen molar-refractivity contribution in [3.8, 4) is 5.69 Å². The third-order valence-electron chi connectivity index (χ3n) is 5.94. The predicted molar refractivity (Wildman–Crippen MR) is 118 cm³/mol. The number of hydrogen-bond acceptors (Lipinski definition) is 5. The first kappa shape index (κ1) is 23.3. The molecule has 12 heteroatoms. The van der Waals surface area contributed by atoms with E-state index >= 15 is 0 Å². The lowest BCUT2D eigenvalue weighted by atomic mass is 10.0. The van der Waals surface area contributed by atoms with Crippen molar-refractivity contribution in [2.75, 3.05) is 18.0 Å². The van der Waals surface area contributed by atoms with Gasteiger partial charge in [0, 0.05) is 45.0 Å². The van der Waals surface area contributed by atoms with Crippen LogP contribution in [-0.4, -0.2) is 44.0 Å². The summed E-state index contributed by atoms with van der Waals surface area (Å²) in [5, 5.41) is 2.97. The molecule has 1 aliphatic rings. The van der Waals surface area contributed by atoms with Crippen molar-refractivity contribution >= 4 is 11.7 Å². The molecule has 2 aromatic heterocycles. The first-order valence-corrected chi connectivity index (χ1v) is 10.6. The molecule has 0 spiro atoms. The van der Waals surface area contributed by atoms with Gasteiger partial charge in [0.25, 0.3) is 5.91 Å². The minimum Gasteiger partial charge on any atom is -0.356 e. The normalized spacial score (nSPS) is 14.9. The number of halogens is 3. The molecule has 1 aromatic carbocycles. The fourth-order valence-corrected chi connectivity index (χ4v) is 3.95. The molecule has 4 rings (SSSR count). The minimum absolute atomic E-state index is 0.0876. The lowest BCUT2D eigenvalue weighted by molar-refractivity contribution is -0.137. The number of benzene rings is 1. The largest absolute Gasteiger partial charge is 0.417 e. The van der Waals surface area contributed by atoms with Crippen molar-refractivity contribution in [3.63, 3.8) is 0 Å². The van der Waals surface area contributed by atoms with Gasteiger partial charge in [0.1, 0.15) is 5.82 Å². The molecule has 1 fully saturated rings. The fourth-order valence-electron chi connectivity index (χ4n) is 3.95. The van der Waals surface area contributed by atoms with E-state index in [0.717, 1.165) is 16.8 Å². The van der Waals surface area contributed by atoms with Crippen molar-refractivity contribution in [1.29, 1.82) is 0 Å². The molecule has 0 atom stereocenters. The average Bonchev–Trinajstić information content (AvgIpc) is 3.01. The Morgan fingerprint density at radius 2 is 1.65 bits per heavy atom. The van der Waals surface area contributed by atoms with Gasteiger partial charge in [0.15, 0.2) is 0 Å². The number of nitrogens with one attached hydrogen (secondary N) is 1. The topological polar surface area (TPSA) is 94.2 Å². The van der Waals surface area contributed by atoms with Crippen molar-refractivity contribution in [2.45, 2.75) is 25.1 Å². The third kappa shape index (κ3) is 4.47. The van der Waals surface area contributed by atoms with E-state index in [0.29, 0.717) is 43.0 Å². The second-order valence-electron chi connectivity index (χ2n) is 8.14. The smallest absolute Gasteiger partial charge is 0.356 e. The molecule has 180 valence electrons. The summed E-state index contributed by atoms with van der Waals surface area (Å²) in [6.07, 6.45) is -2.36. The molecule has 3 aromatic rings. The van der Waals surface area contributed by atoms with Gasteiger partial charge in [-0.3, -0.25) is 4.79 Å². The standard InChI is InChI=1S/C22H23F3N6O3/c1-28-20(33)29(2)31(21(28)34)17-6-3-14(4-7-17)19(32)27-16-9-11-30(12-10-16)18-8-5-15(13-26-18)22(23,24)25/h3-8,13,16H,9-12H2,1-2H3,(H,27,32). The van der Waals surface area contributed by atoms with Crippen LogP contribution in [0.5, 0.6) is 0 Å². The first-order chi connectivity index (χ1) is 16.1. The third-order valence-corrected chi connectivity index (χ3v) is 5.94. The highest BCUT2D eigenvalue weighted by Gasteiger charge is 2.31. The quantitative estimate of drug-likeness (QED) is 0.619. The summed E-state index contributed by atoms with van der Waals surface area (Å²) in [5.74, 6) is 0.200. The molecular formula is C22H23F3N6O3. The molecular weight excluding hydrogens is 453 g/mol. The Morgan fingerprint density at radius 1 is 1.00 bits per heavy atom. The Labute approximate surface area is 192 Å². The van der Waals surface area contributed by atoms with Gasteiger partial charge in [-0.15, -0.1) is 0 Å². The number of piperidine rings is 1. The second kappa shape index (κ2) is 8.84. The molecule has 3 heterocycles.